The number of benzene rings is 1. The van der Waals surface area contributed by atoms with Gasteiger partial charge in [0.15, 0.2) is 0 Å². The summed E-state index contributed by atoms with van der Waals surface area (Å²) in [5.74, 6) is 0.155. The topological polar surface area (TPSA) is 50.9 Å². The van der Waals surface area contributed by atoms with Gasteiger partial charge in [-0.25, -0.2) is 9.37 Å². The van der Waals surface area contributed by atoms with Gasteiger partial charge in [-0.2, -0.15) is 0 Å². The Bertz CT molecular complexity index is 552. The molecule has 0 atom stereocenters. The molecule has 0 spiro atoms. The molecule has 86 valence electrons. The SMILES string of the molecule is C=Cc1cc(N)cc(Nc2ccccc2F)n1. The second kappa shape index (κ2) is 4.65. The van der Waals surface area contributed by atoms with Crippen molar-refractivity contribution in [3.8, 4) is 0 Å². The van der Waals surface area contributed by atoms with Crippen LogP contribution in [0.15, 0.2) is 43.0 Å². The molecule has 3 N–H and O–H groups in total. The normalized spacial score (nSPS) is 9.94. The molecule has 0 aliphatic carbocycles. The number of anilines is 3. The number of nitrogens with two attached hydrogens (primary N) is 1. The zero-order valence-electron chi connectivity index (χ0n) is 9.15. The molecule has 1 aromatic heterocycles. The number of rotatable bonds is 3. The second-order valence-corrected chi connectivity index (χ2v) is 3.52. The molecule has 0 saturated carbocycles. The molecule has 1 heterocycles. The Labute approximate surface area is 98.8 Å². The highest BCUT2D eigenvalue weighted by molar-refractivity contribution is 5.63. The van der Waals surface area contributed by atoms with E-state index in [2.05, 4.69) is 16.9 Å². The smallest absolute Gasteiger partial charge is 0.146 e. The third-order valence-electron chi connectivity index (χ3n) is 2.21. The minimum absolute atomic E-state index is 0.336. The number of nitrogens with zero attached hydrogens (tertiary/aromatic N) is 1. The van der Waals surface area contributed by atoms with Crippen LogP contribution >= 0.6 is 0 Å². The molecule has 17 heavy (non-hydrogen) atoms. The lowest BCUT2D eigenvalue weighted by molar-refractivity contribution is 0.632. The van der Waals surface area contributed by atoms with Gasteiger partial charge in [0.05, 0.1) is 11.4 Å². The summed E-state index contributed by atoms with van der Waals surface area (Å²) in [5, 5.41) is 2.87. The third-order valence-corrected chi connectivity index (χ3v) is 2.21. The van der Waals surface area contributed by atoms with E-state index in [0.29, 0.717) is 22.9 Å². The van der Waals surface area contributed by atoms with Crippen LogP contribution in [-0.4, -0.2) is 4.98 Å². The third kappa shape index (κ3) is 2.60. The van der Waals surface area contributed by atoms with Gasteiger partial charge in [0, 0.05) is 11.8 Å². The molecule has 0 radical (unpaired) electrons. The second-order valence-electron chi connectivity index (χ2n) is 3.52. The Hall–Kier alpha value is -2.36. The highest BCUT2D eigenvalue weighted by Gasteiger charge is 2.03. The van der Waals surface area contributed by atoms with E-state index in [9.17, 15) is 4.39 Å². The molecule has 0 bridgehead atoms. The lowest BCUT2D eigenvalue weighted by atomic mass is 10.3. The fourth-order valence-electron chi connectivity index (χ4n) is 1.44. The highest BCUT2D eigenvalue weighted by atomic mass is 19.1. The number of pyridine rings is 1. The molecule has 0 fully saturated rings. The van der Waals surface area contributed by atoms with Crippen molar-refractivity contribution in [1.29, 1.82) is 0 Å². The van der Waals surface area contributed by atoms with Crippen LogP contribution in [0.4, 0.5) is 21.6 Å². The molecule has 0 unspecified atom stereocenters. The first kappa shape index (κ1) is 11.1. The van der Waals surface area contributed by atoms with Crippen molar-refractivity contribution >= 4 is 23.3 Å². The van der Waals surface area contributed by atoms with Crippen LogP contribution in [0, 0.1) is 5.82 Å². The maximum absolute atomic E-state index is 13.4. The average molecular weight is 229 g/mol. The Morgan fingerprint density at radius 3 is 2.76 bits per heavy atom. The lowest BCUT2D eigenvalue weighted by Gasteiger charge is -2.08. The first-order valence-corrected chi connectivity index (χ1v) is 5.10. The summed E-state index contributed by atoms with van der Waals surface area (Å²) >= 11 is 0. The van der Waals surface area contributed by atoms with Crippen molar-refractivity contribution in [3.05, 3.63) is 54.5 Å². The maximum Gasteiger partial charge on any atom is 0.146 e. The van der Waals surface area contributed by atoms with E-state index in [1.54, 1.807) is 36.4 Å². The Kier molecular flexibility index (Phi) is 3.05. The van der Waals surface area contributed by atoms with Crippen molar-refractivity contribution in [3.63, 3.8) is 0 Å². The standard InChI is InChI=1S/C13H12FN3/c1-2-10-7-9(15)8-13(16-10)17-12-6-4-3-5-11(12)14/h2-8H,1H2,(H3,15,16,17). The van der Waals surface area contributed by atoms with Crippen molar-refractivity contribution in [2.45, 2.75) is 0 Å². The van der Waals surface area contributed by atoms with Crippen LogP contribution in [0.5, 0.6) is 0 Å². The molecular weight excluding hydrogens is 217 g/mol. The minimum atomic E-state index is -0.336. The Morgan fingerprint density at radius 1 is 1.29 bits per heavy atom. The predicted molar refractivity (Wildman–Crippen MR) is 68.4 cm³/mol. The van der Waals surface area contributed by atoms with Gasteiger partial charge in [-0.3, -0.25) is 0 Å². The number of aromatic nitrogens is 1. The molecule has 2 aromatic rings. The van der Waals surface area contributed by atoms with E-state index in [-0.39, 0.29) is 5.82 Å². The molecular formula is C13H12FN3. The van der Waals surface area contributed by atoms with Crippen LogP contribution in [-0.2, 0) is 0 Å². The summed E-state index contributed by atoms with van der Waals surface area (Å²) in [6.07, 6.45) is 1.59. The van der Waals surface area contributed by atoms with Gasteiger partial charge in [0.25, 0.3) is 0 Å². The first-order chi connectivity index (χ1) is 8.19. The fraction of sp³-hybridized carbons (Fsp3) is 0. The van der Waals surface area contributed by atoms with Crippen molar-refractivity contribution < 1.29 is 4.39 Å². The monoisotopic (exact) mass is 229 g/mol. The molecule has 3 nitrogen and oxygen atoms in total. The number of hydrogen-bond acceptors (Lipinski definition) is 3. The number of para-hydroxylation sites is 1. The van der Waals surface area contributed by atoms with Crippen LogP contribution in [0.2, 0.25) is 0 Å². The summed E-state index contributed by atoms with van der Waals surface area (Å²) in [5.41, 5.74) is 7.26. The molecule has 0 saturated heterocycles. The first-order valence-electron chi connectivity index (χ1n) is 5.10. The van der Waals surface area contributed by atoms with Gasteiger partial charge in [0.1, 0.15) is 11.6 Å². The number of hydrogen-bond donors (Lipinski definition) is 2. The van der Waals surface area contributed by atoms with Crippen LogP contribution < -0.4 is 11.1 Å². The Morgan fingerprint density at radius 2 is 2.06 bits per heavy atom. The lowest BCUT2D eigenvalue weighted by Crippen LogP contribution is -1.99. The van der Waals surface area contributed by atoms with E-state index in [1.807, 2.05) is 0 Å². The molecule has 0 aliphatic heterocycles. The van der Waals surface area contributed by atoms with E-state index in [4.69, 9.17) is 5.73 Å². The highest BCUT2D eigenvalue weighted by Crippen LogP contribution is 2.20. The molecule has 4 heteroatoms. The van der Waals surface area contributed by atoms with E-state index >= 15 is 0 Å². The van der Waals surface area contributed by atoms with Crippen molar-refractivity contribution in [1.82, 2.24) is 4.98 Å². The van der Waals surface area contributed by atoms with Crippen LogP contribution in [0.1, 0.15) is 5.69 Å². The number of nitrogen functional groups attached to an aromatic ring is 1. The Balaban J connectivity index is 2.33. The van der Waals surface area contributed by atoms with Crippen LogP contribution in [0.25, 0.3) is 6.08 Å². The summed E-state index contributed by atoms with van der Waals surface area (Å²) in [4.78, 5) is 4.21. The van der Waals surface area contributed by atoms with Gasteiger partial charge in [-0.1, -0.05) is 18.7 Å². The van der Waals surface area contributed by atoms with E-state index < -0.39 is 0 Å². The molecule has 0 amide bonds. The largest absolute Gasteiger partial charge is 0.399 e. The van der Waals surface area contributed by atoms with Crippen LogP contribution in [0.3, 0.4) is 0 Å². The molecule has 0 aliphatic rings. The van der Waals surface area contributed by atoms with Gasteiger partial charge in [0.2, 0.25) is 0 Å². The zero-order chi connectivity index (χ0) is 12.3. The summed E-state index contributed by atoms with van der Waals surface area (Å²) in [7, 11) is 0. The quantitative estimate of drug-likeness (QED) is 0.849. The van der Waals surface area contributed by atoms with Crippen molar-refractivity contribution in [2.75, 3.05) is 11.1 Å². The number of halogens is 1. The minimum Gasteiger partial charge on any atom is -0.399 e. The number of nitrogens with one attached hydrogen (secondary N) is 1. The molecule has 2 rings (SSSR count). The fourth-order valence-corrected chi connectivity index (χ4v) is 1.44. The van der Waals surface area contributed by atoms with Gasteiger partial charge < -0.3 is 11.1 Å². The average Bonchev–Trinajstić information content (AvgIpc) is 2.31. The van der Waals surface area contributed by atoms with E-state index in [1.165, 1.54) is 6.07 Å². The van der Waals surface area contributed by atoms with Gasteiger partial charge in [-0.15, -0.1) is 0 Å². The summed E-state index contributed by atoms with van der Waals surface area (Å²) < 4.78 is 13.4. The van der Waals surface area contributed by atoms with Gasteiger partial charge >= 0.3 is 0 Å². The maximum atomic E-state index is 13.4. The van der Waals surface area contributed by atoms with E-state index in [0.717, 1.165) is 0 Å². The van der Waals surface area contributed by atoms with Gasteiger partial charge in [-0.05, 0) is 24.3 Å². The predicted octanol–water partition coefficient (Wildman–Crippen LogP) is 3.19. The summed E-state index contributed by atoms with van der Waals surface area (Å²) in [6, 6.07) is 9.71. The molecule has 1 aromatic carbocycles. The zero-order valence-corrected chi connectivity index (χ0v) is 9.15. The van der Waals surface area contributed by atoms with Crippen molar-refractivity contribution in [2.24, 2.45) is 0 Å². The summed E-state index contributed by atoms with van der Waals surface area (Å²) in [6.45, 7) is 3.62.